The molecule has 1 heterocycles. The van der Waals surface area contributed by atoms with Gasteiger partial charge >= 0.3 is 5.97 Å². The van der Waals surface area contributed by atoms with Gasteiger partial charge in [-0.3, -0.25) is 0 Å². The molecule has 6 heteroatoms. The topological polar surface area (TPSA) is 66.0 Å². The number of rotatable bonds is 6. The fraction of sp³-hybridized carbons (Fsp3) is 0.500. The summed E-state index contributed by atoms with van der Waals surface area (Å²) < 4.78 is 21.0. The van der Waals surface area contributed by atoms with Crippen molar-refractivity contribution < 1.29 is 23.7 Å². The van der Waals surface area contributed by atoms with Gasteiger partial charge in [-0.05, 0) is 19.5 Å². The first kappa shape index (κ1) is 14.5. The Morgan fingerprint density at radius 3 is 2.75 bits per heavy atom. The molecule has 0 aliphatic carbocycles. The zero-order valence-electron chi connectivity index (χ0n) is 11.9. The van der Waals surface area contributed by atoms with E-state index in [4.69, 9.17) is 14.2 Å². The molecule has 6 nitrogen and oxygen atoms in total. The van der Waals surface area contributed by atoms with E-state index in [-0.39, 0.29) is 6.79 Å². The fourth-order valence-electron chi connectivity index (χ4n) is 1.88. The van der Waals surface area contributed by atoms with Gasteiger partial charge in [0.15, 0.2) is 17.6 Å². The van der Waals surface area contributed by atoms with Gasteiger partial charge in [-0.1, -0.05) is 6.92 Å². The molecular weight excluding hydrogens is 262 g/mol. The van der Waals surface area contributed by atoms with Gasteiger partial charge in [0, 0.05) is 18.2 Å². The molecule has 1 aliphatic rings. The Morgan fingerprint density at radius 1 is 1.40 bits per heavy atom. The molecule has 0 saturated heterocycles. The fourth-order valence-corrected chi connectivity index (χ4v) is 1.88. The van der Waals surface area contributed by atoms with Crippen LogP contribution in [0.15, 0.2) is 12.1 Å². The second-order valence-electron chi connectivity index (χ2n) is 4.38. The molecule has 1 N–H and O–H groups in total. The van der Waals surface area contributed by atoms with Crippen molar-refractivity contribution >= 4 is 5.97 Å². The number of carbonyl (C=O) groups excluding carboxylic acids is 1. The predicted molar refractivity (Wildman–Crippen MR) is 72.1 cm³/mol. The van der Waals surface area contributed by atoms with E-state index in [0.717, 1.165) is 12.1 Å². The smallest absolute Gasteiger partial charge is 0.346 e. The number of ether oxygens (including phenoxy) is 4. The van der Waals surface area contributed by atoms with Crippen molar-refractivity contribution in [3.63, 3.8) is 0 Å². The molecule has 1 atom stereocenters. The van der Waals surface area contributed by atoms with E-state index in [0.29, 0.717) is 23.8 Å². The lowest BCUT2D eigenvalue weighted by Crippen LogP contribution is -2.25. The summed E-state index contributed by atoms with van der Waals surface area (Å²) in [6.45, 7) is 5.32. The van der Waals surface area contributed by atoms with E-state index in [9.17, 15) is 4.79 Å². The van der Waals surface area contributed by atoms with Crippen molar-refractivity contribution in [2.75, 3.05) is 20.4 Å². The van der Waals surface area contributed by atoms with Gasteiger partial charge in [0.1, 0.15) is 5.75 Å². The third kappa shape index (κ3) is 3.14. The molecule has 0 saturated carbocycles. The van der Waals surface area contributed by atoms with Gasteiger partial charge in [-0.25, -0.2) is 4.79 Å². The first-order valence-electron chi connectivity index (χ1n) is 6.53. The summed E-state index contributed by atoms with van der Waals surface area (Å²) in [6, 6.07) is 3.61. The van der Waals surface area contributed by atoms with Crippen LogP contribution in [0.3, 0.4) is 0 Å². The lowest BCUT2D eigenvalue weighted by atomic mass is 10.1. The number of hydrogen-bond donors (Lipinski definition) is 1. The molecule has 0 aromatic heterocycles. The molecule has 1 aliphatic heterocycles. The molecule has 0 amide bonds. The standard InChI is InChI=1S/C14H19NO5/c1-4-15-7-10-5-12-13(19-8-18-12)6-11(10)20-9(2)14(16)17-3/h5-6,9,15H,4,7-8H2,1-3H3. The van der Waals surface area contributed by atoms with Crippen molar-refractivity contribution in [1.82, 2.24) is 5.32 Å². The van der Waals surface area contributed by atoms with Crippen molar-refractivity contribution in [3.8, 4) is 17.2 Å². The first-order chi connectivity index (χ1) is 9.65. The molecule has 0 fully saturated rings. The van der Waals surface area contributed by atoms with E-state index in [2.05, 4.69) is 10.1 Å². The predicted octanol–water partition coefficient (Wildman–Crippen LogP) is 1.47. The van der Waals surface area contributed by atoms with Crippen LogP contribution in [0, 0.1) is 0 Å². The molecule has 110 valence electrons. The van der Waals surface area contributed by atoms with E-state index in [1.165, 1.54) is 7.11 Å². The Kier molecular flexibility index (Phi) is 4.68. The molecule has 1 aromatic rings. The first-order valence-corrected chi connectivity index (χ1v) is 6.53. The van der Waals surface area contributed by atoms with Crippen molar-refractivity contribution in [3.05, 3.63) is 17.7 Å². The highest BCUT2D eigenvalue weighted by atomic mass is 16.7. The Hall–Kier alpha value is -1.95. The molecule has 0 spiro atoms. The van der Waals surface area contributed by atoms with Crippen LogP contribution in [0.2, 0.25) is 0 Å². The van der Waals surface area contributed by atoms with E-state index in [1.54, 1.807) is 13.0 Å². The maximum Gasteiger partial charge on any atom is 0.346 e. The van der Waals surface area contributed by atoms with Gasteiger partial charge in [0.25, 0.3) is 0 Å². The summed E-state index contributed by atoms with van der Waals surface area (Å²) in [7, 11) is 1.33. The Labute approximate surface area is 118 Å². The highest BCUT2D eigenvalue weighted by Gasteiger charge is 2.21. The molecule has 1 unspecified atom stereocenters. The molecular formula is C14H19NO5. The minimum absolute atomic E-state index is 0.200. The Balaban J connectivity index is 2.22. The maximum absolute atomic E-state index is 11.5. The summed E-state index contributed by atoms with van der Waals surface area (Å²) in [5, 5.41) is 3.22. The maximum atomic E-state index is 11.5. The van der Waals surface area contributed by atoms with Crippen LogP contribution in [0.25, 0.3) is 0 Å². The Bertz CT molecular complexity index is 489. The molecule has 2 rings (SSSR count). The molecule has 0 radical (unpaired) electrons. The van der Waals surface area contributed by atoms with Crippen LogP contribution in [0.5, 0.6) is 17.2 Å². The average molecular weight is 281 g/mol. The summed E-state index contributed by atoms with van der Waals surface area (Å²) >= 11 is 0. The summed E-state index contributed by atoms with van der Waals surface area (Å²) in [4.78, 5) is 11.5. The number of nitrogens with one attached hydrogen (secondary N) is 1. The van der Waals surface area contributed by atoms with Crippen LogP contribution in [-0.2, 0) is 16.1 Å². The molecule has 20 heavy (non-hydrogen) atoms. The second-order valence-corrected chi connectivity index (χ2v) is 4.38. The zero-order valence-corrected chi connectivity index (χ0v) is 11.9. The van der Waals surface area contributed by atoms with Gasteiger partial charge in [-0.2, -0.15) is 0 Å². The number of benzene rings is 1. The average Bonchev–Trinajstić information content (AvgIpc) is 2.90. The van der Waals surface area contributed by atoms with Crippen molar-refractivity contribution in [2.45, 2.75) is 26.5 Å². The summed E-state index contributed by atoms with van der Waals surface area (Å²) in [5.74, 6) is 1.48. The number of carbonyl (C=O) groups is 1. The van der Waals surface area contributed by atoms with Gasteiger partial charge < -0.3 is 24.3 Å². The van der Waals surface area contributed by atoms with Gasteiger partial charge in [-0.15, -0.1) is 0 Å². The third-order valence-electron chi connectivity index (χ3n) is 2.96. The number of hydrogen-bond acceptors (Lipinski definition) is 6. The second kappa shape index (κ2) is 6.47. The normalized spacial score (nSPS) is 13.9. The number of methoxy groups -OCH3 is 1. The van der Waals surface area contributed by atoms with E-state index >= 15 is 0 Å². The SMILES string of the molecule is CCNCc1cc2c(cc1OC(C)C(=O)OC)OCO2. The van der Waals surface area contributed by atoms with Crippen LogP contribution in [0.4, 0.5) is 0 Å². The van der Waals surface area contributed by atoms with E-state index < -0.39 is 12.1 Å². The van der Waals surface area contributed by atoms with Gasteiger partial charge in [0.2, 0.25) is 6.79 Å². The molecule has 0 bridgehead atoms. The highest BCUT2D eigenvalue weighted by Crippen LogP contribution is 2.38. The zero-order chi connectivity index (χ0) is 14.5. The Morgan fingerprint density at radius 2 is 2.10 bits per heavy atom. The summed E-state index contributed by atoms with van der Waals surface area (Å²) in [5.41, 5.74) is 0.909. The summed E-state index contributed by atoms with van der Waals surface area (Å²) in [6.07, 6.45) is -0.680. The minimum atomic E-state index is -0.680. The quantitative estimate of drug-likeness (QED) is 0.796. The molecule has 1 aromatic carbocycles. The number of esters is 1. The lowest BCUT2D eigenvalue weighted by Gasteiger charge is -2.16. The van der Waals surface area contributed by atoms with Crippen molar-refractivity contribution in [2.24, 2.45) is 0 Å². The van der Waals surface area contributed by atoms with Crippen LogP contribution >= 0.6 is 0 Å². The van der Waals surface area contributed by atoms with Crippen LogP contribution < -0.4 is 19.5 Å². The number of fused-ring (bicyclic) bond motifs is 1. The van der Waals surface area contributed by atoms with Crippen LogP contribution in [-0.4, -0.2) is 32.5 Å². The largest absolute Gasteiger partial charge is 0.479 e. The highest BCUT2D eigenvalue weighted by molar-refractivity contribution is 5.74. The third-order valence-corrected chi connectivity index (χ3v) is 2.96. The van der Waals surface area contributed by atoms with E-state index in [1.807, 2.05) is 13.0 Å². The van der Waals surface area contributed by atoms with Gasteiger partial charge in [0.05, 0.1) is 7.11 Å². The monoisotopic (exact) mass is 281 g/mol. The van der Waals surface area contributed by atoms with Crippen molar-refractivity contribution in [1.29, 1.82) is 0 Å². The minimum Gasteiger partial charge on any atom is -0.479 e. The lowest BCUT2D eigenvalue weighted by molar-refractivity contribution is -0.147. The van der Waals surface area contributed by atoms with Crippen LogP contribution in [0.1, 0.15) is 19.4 Å².